The van der Waals surface area contributed by atoms with Crippen molar-refractivity contribution in [1.29, 1.82) is 0 Å². The van der Waals surface area contributed by atoms with E-state index in [0.29, 0.717) is 20.6 Å². The summed E-state index contributed by atoms with van der Waals surface area (Å²) in [5.41, 5.74) is 2.42. The smallest absolute Gasteiger partial charge is 0.264 e. The molecule has 0 bridgehead atoms. The number of halogens is 3. The lowest BCUT2D eigenvalue weighted by atomic mass is 10.1. The Morgan fingerprint density at radius 3 is 2.12 bits per heavy atom. The molecule has 0 aromatic heterocycles. The molecule has 11 heteroatoms. The topological polar surface area (TPSA) is 86.8 Å². The minimum Gasteiger partial charge on any atom is -0.352 e. The van der Waals surface area contributed by atoms with Crippen LogP contribution in [0.3, 0.4) is 0 Å². The first-order chi connectivity index (χ1) is 19.2. The van der Waals surface area contributed by atoms with Crippen LogP contribution in [0.25, 0.3) is 0 Å². The highest BCUT2D eigenvalue weighted by atomic mass is 35.5. The molecule has 220 valence electrons. The minimum atomic E-state index is -4.20. The highest BCUT2D eigenvalue weighted by Gasteiger charge is 2.34. The van der Waals surface area contributed by atoms with Crippen molar-refractivity contribution in [2.24, 2.45) is 0 Å². The van der Waals surface area contributed by atoms with Crippen LogP contribution in [0.1, 0.15) is 43.9 Å². The van der Waals surface area contributed by atoms with E-state index >= 15 is 0 Å². The number of sulfonamides is 1. The summed E-state index contributed by atoms with van der Waals surface area (Å²) in [5, 5.41) is 3.96. The van der Waals surface area contributed by atoms with Crippen molar-refractivity contribution in [2.75, 3.05) is 10.8 Å². The SMILES string of the molecule is CC[C@@H](C(=O)NC(C)C)N(Cc1ccc(Cl)cc1Cl)C(=O)CN(c1ccc(C)c(Cl)c1)S(=O)(=O)c1ccc(C)cc1. The zero-order valence-corrected chi connectivity index (χ0v) is 26.7. The molecule has 7 nitrogen and oxygen atoms in total. The molecule has 0 unspecified atom stereocenters. The third-order valence-electron chi connectivity index (χ3n) is 6.50. The second-order valence-corrected chi connectivity index (χ2v) is 13.2. The zero-order valence-electron chi connectivity index (χ0n) is 23.6. The molecule has 2 amide bonds. The zero-order chi connectivity index (χ0) is 30.5. The summed E-state index contributed by atoms with van der Waals surface area (Å²) >= 11 is 18.9. The molecule has 3 aromatic rings. The van der Waals surface area contributed by atoms with Crippen LogP contribution >= 0.6 is 34.8 Å². The van der Waals surface area contributed by atoms with E-state index in [2.05, 4.69) is 5.32 Å². The van der Waals surface area contributed by atoms with Crippen LogP contribution in [0.15, 0.2) is 65.6 Å². The van der Waals surface area contributed by atoms with E-state index in [9.17, 15) is 18.0 Å². The van der Waals surface area contributed by atoms with Gasteiger partial charge in [-0.1, -0.05) is 71.6 Å². The van der Waals surface area contributed by atoms with Gasteiger partial charge < -0.3 is 10.2 Å². The van der Waals surface area contributed by atoms with Gasteiger partial charge in [0.1, 0.15) is 12.6 Å². The summed E-state index contributed by atoms with van der Waals surface area (Å²) in [6.07, 6.45) is 0.288. The van der Waals surface area contributed by atoms with Crippen molar-refractivity contribution in [3.8, 4) is 0 Å². The number of carbonyl (C=O) groups is 2. The summed E-state index contributed by atoms with van der Waals surface area (Å²) < 4.78 is 29.0. The lowest BCUT2D eigenvalue weighted by Crippen LogP contribution is -2.53. The molecule has 0 aliphatic carbocycles. The highest BCUT2D eigenvalue weighted by Crippen LogP contribution is 2.29. The summed E-state index contributed by atoms with van der Waals surface area (Å²) in [6.45, 7) is 8.47. The predicted molar refractivity (Wildman–Crippen MR) is 166 cm³/mol. The first kappa shape index (κ1) is 32.7. The van der Waals surface area contributed by atoms with Crippen LogP contribution in [0.2, 0.25) is 15.1 Å². The molecule has 3 aromatic carbocycles. The molecule has 0 aliphatic rings. The maximum Gasteiger partial charge on any atom is 0.264 e. The first-order valence-electron chi connectivity index (χ1n) is 13.1. The molecule has 0 radical (unpaired) electrons. The number of nitrogens with zero attached hydrogens (tertiary/aromatic N) is 2. The highest BCUT2D eigenvalue weighted by molar-refractivity contribution is 7.92. The van der Waals surface area contributed by atoms with E-state index < -0.39 is 28.5 Å². The lowest BCUT2D eigenvalue weighted by Gasteiger charge is -2.33. The summed E-state index contributed by atoms with van der Waals surface area (Å²) in [6, 6.07) is 15.0. The summed E-state index contributed by atoms with van der Waals surface area (Å²) in [5.74, 6) is -0.943. The number of anilines is 1. The van der Waals surface area contributed by atoms with Gasteiger partial charge in [-0.2, -0.15) is 0 Å². The quantitative estimate of drug-likeness (QED) is 0.251. The predicted octanol–water partition coefficient (Wildman–Crippen LogP) is 6.79. The van der Waals surface area contributed by atoms with Crippen LogP contribution in [-0.2, 0) is 26.2 Å². The maximum atomic E-state index is 14.1. The molecule has 0 heterocycles. The number of nitrogens with one attached hydrogen (secondary N) is 1. The number of carbonyl (C=O) groups excluding carboxylic acids is 2. The van der Waals surface area contributed by atoms with Crippen molar-refractivity contribution in [3.63, 3.8) is 0 Å². The molecule has 0 saturated heterocycles. The Bertz CT molecular complexity index is 1510. The van der Waals surface area contributed by atoms with E-state index in [1.54, 1.807) is 56.3 Å². The largest absolute Gasteiger partial charge is 0.352 e. The fraction of sp³-hybridized carbons (Fsp3) is 0.333. The standard InChI is InChI=1S/C30H34Cl3N3O4S/c1-6-28(30(38)34-19(2)3)35(17-22-10-11-23(31)15-27(22)33)29(37)18-36(24-12-9-21(5)26(32)16-24)41(39,40)25-13-7-20(4)8-14-25/h7-16,19,28H,6,17-18H2,1-5H3,(H,34,38)/t28-/m0/s1. The summed E-state index contributed by atoms with van der Waals surface area (Å²) in [4.78, 5) is 28.7. The number of rotatable bonds is 11. The fourth-order valence-electron chi connectivity index (χ4n) is 4.24. The lowest BCUT2D eigenvalue weighted by molar-refractivity contribution is -0.140. The van der Waals surface area contributed by atoms with E-state index in [-0.39, 0.29) is 35.5 Å². The number of hydrogen-bond donors (Lipinski definition) is 1. The second-order valence-electron chi connectivity index (χ2n) is 10.1. The molecule has 0 spiro atoms. The van der Waals surface area contributed by atoms with E-state index in [1.807, 2.05) is 20.8 Å². The molecule has 1 N–H and O–H groups in total. The van der Waals surface area contributed by atoms with Gasteiger partial charge in [0.2, 0.25) is 11.8 Å². The van der Waals surface area contributed by atoms with Crippen molar-refractivity contribution in [3.05, 3.63) is 92.4 Å². The maximum absolute atomic E-state index is 14.1. The second kappa shape index (κ2) is 13.9. The molecule has 0 saturated carbocycles. The van der Waals surface area contributed by atoms with Gasteiger partial charge in [-0.15, -0.1) is 0 Å². The molecule has 0 aliphatic heterocycles. The van der Waals surface area contributed by atoms with Gasteiger partial charge in [-0.25, -0.2) is 8.42 Å². The Kier molecular flexibility index (Phi) is 11.1. The third kappa shape index (κ3) is 8.16. The van der Waals surface area contributed by atoms with Crippen LogP contribution in [-0.4, -0.2) is 43.8 Å². The van der Waals surface area contributed by atoms with Crippen LogP contribution in [0, 0.1) is 13.8 Å². The minimum absolute atomic E-state index is 0.0180. The monoisotopic (exact) mass is 637 g/mol. The Hall–Kier alpha value is -2.78. The Balaban J connectivity index is 2.11. The first-order valence-corrected chi connectivity index (χ1v) is 15.7. The van der Waals surface area contributed by atoms with E-state index in [0.717, 1.165) is 15.4 Å². The fourth-order valence-corrected chi connectivity index (χ4v) is 6.29. The van der Waals surface area contributed by atoms with Gasteiger partial charge in [0.15, 0.2) is 0 Å². The number of aryl methyl sites for hydroxylation is 2. The molecule has 41 heavy (non-hydrogen) atoms. The Labute approximate surface area is 257 Å². The molecular formula is C30H34Cl3N3O4S. The normalized spacial score (nSPS) is 12.2. The molecular weight excluding hydrogens is 605 g/mol. The van der Waals surface area contributed by atoms with Gasteiger partial charge in [0.05, 0.1) is 10.6 Å². The van der Waals surface area contributed by atoms with Crippen molar-refractivity contribution in [2.45, 2.75) is 64.6 Å². The van der Waals surface area contributed by atoms with Crippen LogP contribution in [0.5, 0.6) is 0 Å². The van der Waals surface area contributed by atoms with Crippen molar-refractivity contribution >= 4 is 62.3 Å². The number of amides is 2. The molecule has 0 fully saturated rings. The summed E-state index contributed by atoms with van der Waals surface area (Å²) in [7, 11) is -4.20. The van der Waals surface area contributed by atoms with Gasteiger partial charge in [-0.05, 0) is 81.6 Å². The molecule has 3 rings (SSSR count). The average molecular weight is 639 g/mol. The van der Waals surface area contributed by atoms with E-state index in [4.69, 9.17) is 34.8 Å². The van der Waals surface area contributed by atoms with E-state index in [1.165, 1.54) is 23.1 Å². The number of hydrogen-bond acceptors (Lipinski definition) is 4. The Morgan fingerprint density at radius 1 is 0.902 bits per heavy atom. The Morgan fingerprint density at radius 2 is 1.56 bits per heavy atom. The van der Waals surface area contributed by atoms with Crippen molar-refractivity contribution < 1.29 is 18.0 Å². The van der Waals surface area contributed by atoms with Gasteiger partial charge in [-0.3, -0.25) is 13.9 Å². The number of benzene rings is 3. The van der Waals surface area contributed by atoms with Crippen LogP contribution < -0.4 is 9.62 Å². The average Bonchev–Trinajstić information content (AvgIpc) is 2.89. The van der Waals surface area contributed by atoms with Gasteiger partial charge >= 0.3 is 0 Å². The van der Waals surface area contributed by atoms with Crippen LogP contribution in [0.4, 0.5) is 5.69 Å². The third-order valence-corrected chi connectivity index (χ3v) is 9.29. The van der Waals surface area contributed by atoms with Crippen molar-refractivity contribution in [1.82, 2.24) is 10.2 Å². The van der Waals surface area contributed by atoms with Gasteiger partial charge in [0, 0.05) is 27.7 Å². The van der Waals surface area contributed by atoms with Gasteiger partial charge in [0.25, 0.3) is 10.0 Å². The molecule has 1 atom stereocenters.